The van der Waals surface area contributed by atoms with Crippen LogP contribution >= 0.6 is 0 Å². The molecule has 0 aromatic rings. The van der Waals surface area contributed by atoms with Gasteiger partial charge in [-0.2, -0.15) is 0 Å². The molecule has 0 atom stereocenters. The van der Waals surface area contributed by atoms with Gasteiger partial charge in [-0.3, -0.25) is 0 Å². The maximum absolute atomic E-state index is 2.67. The van der Waals surface area contributed by atoms with Crippen LogP contribution in [0.3, 0.4) is 0 Å². The summed E-state index contributed by atoms with van der Waals surface area (Å²) in [6, 6.07) is 0. The first kappa shape index (κ1) is 25.5. The van der Waals surface area contributed by atoms with Crippen molar-refractivity contribution in [3.05, 3.63) is 5.25 Å². The van der Waals surface area contributed by atoms with Gasteiger partial charge in [0.25, 0.3) is 0 Å². The Hall–Kier alpha value is 0.543. The van der Waals surface area contributed by atoms with Crippen molar-refractivity contribution in [2.24, 2.45) is 0 Å². The standard InChI is InChI=1S/C24H51Ge/c1-5-6-7-8-9-10-11-12-13-14-15-16-17-18-19-20-21-22-23-24-25(2,3)4/h24H,5-23H2,1-4H3. The molecule has 0 rings (SSSR count). The van der Waals surface area contributed by atoms with Gasteiger partial charge in [-0.15, -0.1) is 0 Å². The molecule has 0 aliphatic carbocycles. The fourth-order valence-electron chi connectivity index (χ4n) is 3.58. The van der Waals surface area contributed by atoms with Gasteiger partial charge in [0.2, 0.25) is 0 Å². The number of unbranched alkanes of at least 4 members (excludes halogenated alkanes) is 18. The summed E-state index contributed by atoms with van der Waals surface area (Å²) >= 11 is -1.35. The van der Waals surface area contributed by atoms with Crippen LogP contribution in [0.15, 0.2) is 0 Å². The monoisotopic (exact) mass is 413 g/mol. The molecule has 0 aliphatic rings. The Balaban J connectivity index is 3.01. The van der Waals surface area contributed by atoms with E-state index < -0.39 is 13.3 Å². The van der Waals surface area contributed by atoms with E-state index in [0.717, 1.165) is 0 Å². The van der Waals surface area contributed by atoms with Crippen LogP contribution in [0.25, 0.3) is 0 Å². The first-order valence-corrected chi connectivity index (χ1v) is 19.4. The van der Waals surface area contributed by atoms with Gasteiger partial charge in [-0.05, 0) is 0 Å². The van der Waals surface area contributed by atoms with E-state index in [-0.39, 0.29) is 0 Å². The molecule has 0 aromatic carbocycles. The molecule has 0 amide bonds. The minimum atomic E-state index is -1.35. The molecular formula is C24H51Ge. The summed E-state index contributed by atoms with van der Waals surface area (Å²) in [5, 5.41) is 2.67. The summed E-state index contributed by atoms with van der Waals surface area (Å²) in [6.07, 6.45) is 27.9. The molecular weight excluding hydrogens is 361 g/mol. The molecule has 0 fully saturated rings. The van der Waals surface area contributed by atoms with Gasteiger partial charge in [-0.25, -0.2) is 0 Å². The van der Waals surface area contributed by atoms with Gasteiger partial charge in [0.15, 0.2) is 0 Å². The first-order chi connectivity index (χ1) is 12.1. The summed E-state index contributed by atoms with van der Waals surface area (Å²) in [5.41, 5.74) is 0. The van der Waals surface area contributed by atoms with Crippen LogP contribution in [0.1, 0.15) is 129 Å². The van der Waals surface area contributed by atoms with Crippen molar-refractivity contribution in [1.82, 2.24) is 0 Å². The van der Waals surface area contributed by atoms with Crippen molar-refractivity contribution < 1.29 is 0 Å². The molecule has 0 saturated carbocycles. The van der Waals surface area contributed by atoms with Crippen LogP contribution in [-0.4, -0.2) is 13.3 Å². The van der Waals surface area contributed by atoms with Gasteiger partial charge in [-0.1, -0.05) is 58.3 Å². The summed E-state index contributed by atoms with van der Waals surface area (Å²) < 4.78 is 0. The zero-order valence-electron chi connectivity index (χ0n) is 18.5. The van der Waals surface area contributed by atoms with E-state index in [1.165, 1.54) is 122 Å². The summed E-state index contributed by atoms with van der Waals surface area (Å²) in [6.45, 7) is 2.30. The van der Waals surface area contributed by atoms with Gasteiger partial charge >= 0.3 is 106 Å². The molecule has 0 aromatic heterocycles. The SMILES string of the molecule is CCCCCCCCCCCCCCCCCCCC[CH][Ge]([CH3])([CH3])[CH3]. The Morgan fingerprint density at radius 1 is 0.440 bits per heavy atom. The maximum atomic E-state index is 2.67. The van der Waals surface area contributed by atoms with Crippen LogP contribution in [0.4, 0.5) is 0 Å². The second kappa shape index (κ2) is 19.3. The van der Waals surface area contributed by atoms with Crippen molar-refractivity contribution in [2.75, 3.05) is 0 Å². The van der Waals surface area contributed by atoms with Crippen molar-refractivity contribution in [1.29, 1.82) is 0 Å². The van der Waals surface area contributed by atoms with E-state index in [4.69, 9.17) is 0 Å². The van der Waals surface area contributed by atoms with Crippen LogP contribution in [0, 0.1) is 5.25 Å². The second-order valence-corrected chi connectivity index (χ2v) is 20.2. The second-order valence-electron chi connectivity index (χ2n) is 9.37. The zero-order valence-corrected chi connectivity index (χ0v) is 20.6. The Morgan fingerprint density at radius 2 is 0.720 bits per heavy atom. The fraction of sp³-hybridized carbons (Fsp3) is 0.958. The third kappa shape index (κ3) is 24.5. The number of hydrogen-bond acceptors (Lipinski definition) is 0. The molecule has 0 nitrogen and oxygen atoms in total. The molecule has 0 saturated heterocycles. The Bertz CT molecular complexity index is 241. The molecule has 1 radical (unpaired) electrons. The predicted molar refractivity (Wildman–Crippen MR) is 121 cm³/mol. The minimum absolute atomic E-state index is 1.35. The summed E-state index contributed by atoms with van der Waals surface area (Å²) in [7, 11) is 0. The van der Waals surface area contributed by atoms with Gasteiger partial charge in [0.1, 0.15) is 0 Å². The normalized spacial score (nSPS) is 12.0. The average molecular weight is 412 g/mol. The third-order valence-corrected chi connectivity index (χ3v) is 8.49. The molecule has 0 N–H and O–H groups in total. The Morgan fingerprint density at radius 3 is 1.00 bits per heavy atom. The fourth-order valence-corrected chi connectivity index (χ4v) is 5.83. The van der Waals surface area contributed by atoms with E-state index in [1.807, 2.05) is 0 Å². The van der Waals surface area contributed by atoms with Crippen LogP contribution in [0.2, 0.25) is 17.3 Å². The molecule has 0 aliphatic heterocycles. The Kier molecular flexibility index (Phi) is 19.7. The number of hydrogen-bond donors (Lipinski definition) is 0. The van der Waals surface area contributed by atoms with Crippen molar-refractivity contribution >= 4 is 13.3 Å². The summed E-state index contributed by atoms with van der Waals surface area (Å²) in [4.78, 5) is 0. The molecule has 25 heavy (non-hydrogen) atoms. The van der Waals surface area contributed by atoms with Crippen molar-refractivity contribution in [3.63, 3.8) is 0 Å². The van der Waals surface area contributed by atoms with Crippen molar-refractivity contribution in [3.8, 4) is 0 Å². The zero-order chi connectivity index (χ0) is 18.6. The van der Waals surface area contributed by atoms with Gasteiger partial charge in [0.05, 0.1) is 0 Å². The van der Waals surface area contributed by atoms with Crippen LogP contribution in [-0.2, 0) is 0 Å². The molecule has 0 bridgehead atoms. The van der Waals surface area contributed by atoms with Crippen LogP contribution < -0.4 is 0 Å². The van der Waals surface area contributed by atoms with E-state index in [9.17, 15) is 0 Å². The molecule has 0 heterocycles. The van der Waals surface area contributed by atoms with Crippen molar-refractivity contribution in [2.45, 2.75) is 146 Å². The average Bonchev–Trinajstić information content (AvgIpc) is 2.56. The van der Waals surface area contributed by atoms with Gasteiger partial charge in [0, 0.05) is 0 Å². The molecule has 151 valence electrons. The van der Waals surface area contributed by atoms with E-state index >= 15 is 0 Å². The van der Waals surface area contributed by atoms with Crippen LogP contribution in [0.5, 0.6) is 0 Å². The van der Waals surface area contributed by atoms with E-state index in [2.05, 4.69) is 29.4 Å². The molecule has 1 heteroatoms. The summed E-state index contributed by atoms with van der Waals surface area (Å²) in [5.74, 6) is 7.48. The van der Waals surface area contributed by atoms with Gasteiger partial charge < -0.3 is 0 Å². The molecule has 0 unspecified atom stereocenters. The van der Waals surface area contributed by atoms with E-state index in [1.54, 1.807) is 0 Å². The van der Waals surface area contributed by atoms with E-state index in [0.29, 0.717) is 0 Å². The third-order valence-electron chi connectivity index (χ3n) is 5.31. The quantitative estimate of drug-likeness (QED) is 0.138. The molecule has 0 spiro atoms. The predicted octanol–water partition coefficient (Wildman–Crippen LogP) is 9.50. The Labute approximate surface area is 164 Å². The number of rotatable bonds is 20. The first-order valence-electron chi connectivity index (χ1n) is 11.9. The topological polar surface area (TPSA) is 0 Å².